The van der Waals surface area contributed by atoms with E-state index in [4.69, 9.17) is 24.8 Å². The third-order valence-corrected chi connectivity index (χ3v) is 18.8. The number of pyridine rings is 5. The van der Waals surface area contributed by atoms with Crippen LogP contribution in [0.5, 0.6) is 0 Å². The molecule has 11 aromatic carbocycles. The fraction of sp³-hybridized carbons (Fsp3) is 0.0952. The number of ketones is 4. The first-order valence-electron chi connectivity index (χ1n) is 38.9. The van der Waals surface area contributed by atoms with Crippen LogP contribution in [-0.4, -0.2) is 87.6 Å². The molecule has 0 fully saturated rings. The summed E-state index contributed by atoms with van der Waals surface area (Å²) in [6, 6.07) is 106. The summed E-state index contributed by atoms with van der Waals surface area (Å²) < 4.78 is 6.53. The summed E-state index contributed by atoms with van der Waals surface area (Å²) >= 11 is 1.47. The summed E-state index contributed by atoms with van der Waals surface area (Å²) in [5.74, 6) is -0.250. The van der Waals surface area contributed by atoms with Gasteiger partial charge in [0.25, 0.3) is 5.63 Å². The Labute approximate surface area is 815 Å². The topological polar surface area (TPSA) is 260 Å². The molecule has 0 saturated carbocycles. The van der Waals surface area contributed by atoms with E-state index in [1.165, 1.54) is 145 Å². The molecule has 0 atom stereocenters. The summed E-state index contributed by atoms with van der Waals surface area (Å²) in [5, 5.41) is 49.2. The molecule has 0 aliphatic rings. The van der Waals surface area contributed by atoms with Gasteiger partial charge in [-0.1, -0.05) is 186 Å². The molecule has 7 heterocycles. The van der Waals surface area contributed by atoms with Crippen molar-refractivity contribution in [1.29, 1.82) is 0 Å². The second-order valence-electron chi connectivity index (χ2n) is 27.9. The number of nitrogens with zero attached hydrogens (tertiary/aromatic N) is 7. The van der Waals surface area contributed by atoms with Crippen LogP contribution in [0.4, 0.5) is 5.69 Å². The normalized spacial score (nSPS) is 10.6. The fourth-order valence-corrected chi connectivity index (χ4v) is 13.4. The molecule has 0 saturated heterocycles. The monoisotopic (exact) mass is 2600 g/mol. The van der Waals surface area contributed by atoms with Crippen LogP contribution in [0.15, 0.2) is 361 Å². The van der Waals surface area contributed by atoms with Crippen molar-refractivity contribution in [2.75, 3.05) is 19.0 Å². The van der Waals surface area contributed by atoms with E-state index in [1.807, 2.05) is 183 Å². The summed E-state index contributed by atoms with van der Waals surface area (Å²) in [7, 11) is 3.89. The number of hydrogen-bond donors (Lipinski definition) is 4. The first kappa shape index (κ1) is 106. The molecular weight excluding hydrogens is 2510 g/mol. The van der Waals surface area contributed by atoms with Crippen molar-refractivity contribution < 1.29 is 145 Å². The van der Waals surface area contributed by atoms with Crippen LogP contribution in [0, 0.1) is 30.3 Å². The van der Waals surface area contributed by atoms with Gasteiger partial charge in [0.1, 0.15) is 0 Å². The second-order valence-corrected chi connectivity index (χ2v) is 29.0. The molecule has 7 aromatic heterocycles. The van der Waals surface area contributed by atoms with Gasteiger partial charge in [-0.15, -0.1) is 112 Å². The molecule has 5 radical (unpaired) electrons. The fourth-order valence-electron chi connectivity index (χ4n) is 12.5. The molecular formula is C105H88Ir5N7O10S-5. The van der Waals surface area contributed by atoms with E-state index in [2.05, 4.69) is 188 Å². The molecule has 23 heteroatoms. The first-order valence-corrected chi connectivity index (χ1v) is 39.7. The number of fused-ring (bicyclic) bond motifs is 8. The van der Waals surface area contributed by atoms with Crippen molar-refractivity contribution in [2.45, 2.75) is 55.4 Å². The molecule has 0 spiro atoms. The number of thiazole rings is 1. The van der Waals surface area contributed by atoms with Gasteiger partial charge in [-0.3, -0.25) is 33.9 Å². The van der Waals surface area contributed by atoms with Crippen molar-refractivity contribution in [3.8, 4) is 55.6 Å². The van der Waals surface area contributed by atoms with Crippen LogP contribution in [0.1, 0.15) is 55.4 Å². The van der Waals surface area contributed by atoms with Crippen molar-refractivity contribution in [3.05, 3.63) is 392 Å². The van der Waals surface area contributed by atoms with Gasteiger partial charge in [-0.05, 0) is 176 Å². The Morgan fingerprint density at radius 2 is 0.828 bits per heavy atom. The zero-order valence-electron chi connectivity index (χ0n) is 71.1. The number of anilines is 1. The molecule has 0 aliphatic heterocycles. The van der Waals surface area contributed by atoms with Crippen LogP contribution in [-0.2, 0) is 120 Å². The number of aliphatic hydroxyl groups is 4. The Morgan fingerprint density at radius 3 is 1.29 bits per heavy atom. The largest absolute Gasteiger partial charge is 0.512 e. The predicted molar refractivity (Wildman–Crippen MR) is 499 cm³/mol. The van der Waals surface area contributed by atoms with Gasteiger partial charge in [0.05, 0.1) is 39.1 Å². The summed E-state index contributed by atoms with van der Waals surface area (Å²) in [6.07, 6.45) is 15.6. The van der Waals surface area contributed by atoms with Gasteiger partial charge in [-0.2, -0.15) is 23.0 Å². The Morgan fingerprint density at radius 1 is 0.391 bits per heavy atom. The van der Waals surface area contributed by atoms with Crippen molar-refractivity contribution >= 4 is 126 Å². The molecule has 18 aromatic rings. The molecule has 128 heavy (non-hydrogen) atoms. The number of benzene rings is 11. The van der Waals surface area contributed by atoms with Crippen molar-refractivity contribution in [3.63, 3.8) is 0 Å². The Hall–Kier alpha value is -12.3. The van der Waals surface area contributed by atoms with Gasteiger partial charge < -0.3 is 49.7 Å². The number of aliphatic hydroxyl groups excluding tert-OH is 4. The maximum absolute atomic E-state index is 12.3. The van der Waals surface area contributed by atoms with Gasteiger partial charge in [0.15, 0.2) is 23.1 Å². The number of aromatic nitrogens is 6. The van der Waals surface area contributed by atoms with E-state index >= 15 is 0 Å². The molecule has 17 nitrogen and oxygen atoms in total. The van der Waals surface area contributed by atoms with Crippen LogP contribution in [0.3, 0.4) is 0 Å². The average Bonchev–Trinajstić information content (AvgIpc) is 1.51. The van der Waals surface area contributed by atoms with Crippen LogP contribution < -0.4 is 10.5 Å². The van der Waals surface area contributed by atoms with Crippen LogP contribution in [0.25, 0.3) is 141 Å². The third kappa shape index (κ3) is 32.2. The molecule has 4 N–H and O–H groups in total. The molecule has 18 rings (SSSR count). The Bertz CT molecular complexity index is 6480. The minimum atomic E-state index is -0.410. The van der Waals surface area contributed by atoms with Crippen molar-refractivity contribution in [1.82, 2.24) is 29.9 Å². The van der Waals surface area contributed by atoms with Crippen LogP contribution >= 0.6 is 11.3 Å². The number of allylic oxidation sites excluding steroid dienone is 8. The third-order valence-electron chi connectivity index (χ3n) is 17.7. The second kappa shape index (κ2) is 54.0. The number of carbonyl (C=O) groups excluding carboxylic acids is 4. The molecule has 0 amide bonds. The van der Waals surface area contributed by atoms with E-state index in [-0.39, 0.29) is 147 Å². The predicted octanol–water partition coefficient (Wildman–Crippen LogP) is 24.6. The number of para-hydroxylation sites is 1. The van der Waals surface area contributed by atoms with Gasteiger partial charge in [-0.25, -0.2) is 0 Å². The Kier molecular flexibility index (Phi) is 44.8. The smallest absolute Gasteiger partial charge is 0.269 e. The van der Waals surface area contributed by atoms with Gasteiger partial charge in [0, 0.05) is 174 Å². The zero-order chi connectivity index (χ0) is 87.7. The zero-order valence-corrected chi connectivity index (χ0v) is 83.9. The molecule has 659 valence electrons. The molecule has 0 aliphatic carbocycles. The SMILES string of the molecule is CC(=O)C=C(C)O.CC(=O)C=C(C)O.CC(=O)C=C(C)O.CC(=O)C=C(C)O.CN(C)c1ccc2[c-]c(-c3nc4ccccc4s3)c(=O)oc2c1.[Ir].[Ir].[Ir].[Ir].[Ir].[c-]1cc2ccccc2cc1-c1nccc2ccccc12.[c-]1ccc2ccccc2c1-c1cc2ccccc2cn1.[c-]1ccccc1-c1nccc2ccccc12.[c-]1cnccc1-c1nccc2ccccc12. The maximum atomic E-state index is 12.3. The minimum absolute atomic E-state index is 0. The number of carbonyl (C=O) groups is 4. The molecule has 0 bridgehead atoms. The van der Waals surface area contributed by atoms with E-state index in [1.54, 1.807) is 12.4 Å². The minimum Gasteiger partial charge on any atom is -0.512 e. The summed E-state index contributed by atoms with van der Waals surface area (Å²) in [6.45, 7) is 11.4. The average molecular weight is 2600 g/mol. The summed E-state index contributed by atoms with van der Waals surface area (Å²) in [4.78, 5) is 80.9. The van der Waals surface area contributed by atoms with Gasteiger partial charge in [0.2, 0.25) is 0 Å². The number of rotatable bonds is 10. The maximum Gasteiger partial charge on any atom is 0.269 e. The molecule has 0 unspecified atom stereocenters. The quantitative estimate of drug-likeness (QED) is 0.0429. The standard InChI is InChI=1S/2C19H12N.C18H13N2O2S.C15H10N.C14H9N2.4C5H8O2.5Ir/c1-2-8-16-13-20-19(12-15(16)7-1)18-11-5-9-14-6-3-4-10-17(14)18;1-2-7-16-13-17(10-9-14(16)5-1)19-18-8-4-3-6-15(18)11-12-20-19;1-20(2)12-8-7-11-9-13(18(21)22-15(11)10-12)17-19-14-5-3-4-6-16(14)23-17;1-2-7-13(8-3-1)15-14-9-5-4-6-12(14)10-11-16-15;1-2-4-13-11(3-1)7-10-16-14(13)12-5-8-15-9-6-12;4*1-4(6)3-5(2)7;;;;;/h1-10,12-13H;1-9,11-13H;3-8,10H,1-2H3;1-7,9-11H;1-5,7-10H;4*3,6H,1-2H3;;;;;/q5*-1;;;;;;;;;. The van der Waals surface area contributed by atoms with Crippen molar-refractivity contribution in [2.24, 2.45) is 0 Å². The first-order chi connectivity index (χ1) is 59.3. The van der Waals surface area contributed by atoms with Gasteiger partial charge >= 0.3 is 0 Å². The number of hydrogen-bond acceptors (Lipinski definition) is 18. The van der Waals surface area contributed by atoms with E-state index in [9.17, 15) is 24.0 Å². The van der Waals surface area contributed by atoms with E-state index in [0.29, 0.717) is 16.2 Å². The van der Waals surface area contributed by atoms with E-state index < -0.39 is 5.63 Å². The van der Waals surface area contributed by atoms with E-state index in [0.717, 1.165) is 77.1 Å². The van der Waals surface area contributed by atoms with Crippen LogP contribution in [0.2, 0.25) is 0 Å². The Balaban J connectivity index is 0.000000263. The summed E-state index contributed by atoms with van der Waals surface area (Å²) in [5.41, 5.74) is 10.4.